The van der Waals surface area contributed by atoms with Crippen molar-refractivity contribution in [2.75, 3.05) is 20.1 Å². The van der Waals surface area contributed by atoms with Crippen LogP contribution >= 0.6 is 0 Å². The highest BCUT2D eigenvalue weighted by Gasteiger charge is 2.28. The van der Waals surface area contributed by atoms with E-state index in [4.69, 9.17) is 4.74 Å². The monoisotopic (exact) mass is 327 g/mol. The number of nitrogens with one attached hydrogen (secondary N) is 2. The number of nitrogens with zero attached hydrogens (tertiary/aromatic N) is 1. The molecule has 0 aliphatic carbocycles. The number of amides is 1. The molecule has 0 atom stereocenters. The molecule has 0 saturated carbocycles. The summed E-state index contributed by atoms with van der Waals surface area (Å²) in [5.74, 6) is 0. The van der Waals surface area contributed by atoms with Crippen molar-refractivity contribution in [3.8, 4) is 0 Å². The topological polar surface area (TPSA) is 87.7 Å². The Balaban J connectivity index is 1.88. The molecule has 2 rings (SSSR count). The van der Waals surface area contributed by atoms with Gasteiger partial charge in [0.25, 0.3) is 0 Å². The molecule has 0 bridgehead atoms. The van der Waals surface area contributed by atoms with E-state index in [9.17, 15) is 13.2 Å². The summed E-state index contributed by atoms with van der Waals surface area (Å²) in [5, 5.41) is 3.15. The van der Waals surface area contributed by atoms with Crippen LogP contribution in [0.5, 0.6) is 0 Å². The third kappa shape index (κ3) is 4.69. The Kier molecular flexibility index (Phi) is 5.76. The lowest BCUT2D eigenvalue weighted by Crippen LogP contribution is -2.49. The lowest BCUT2D eigenvalue weighted by atomic mass is 10.1. The zero-order chi connectivity index (χ0) is 16.0. The second-order valence-electron chi connectivity index (χ2n) is 5.15. The summed E-state index contributed by atoms with van der Waals surface area (Å²) in [5.41, 5.74) is 0.799. The Bertz CT molecular complexity index is 585. The van der Waals surface area contributed by atoms with Crippen LogP contribution in [0.4, 0.5) is 4.79 Å². The van der Waals surface area contributed by atoms with E-state index in [0.29, 0.717) is 17.1 Å². The van der Waals surface area contributed by atoms with Crippen LogP contribution in [0.3, 0.4) is 0 Å². The zero-order valence-electron chi connectivity index (χ0n) is 12.5. The molecule has 1 amide bonds. The van der Waals surface area contributed by atoms with Gasteiger partial charge in [-0.05, 0) is 31.5 Å². The Labute approximate surface area is 130 Å². The second kappa shape index (κ2) is 7.57. The molecule has 122 valence electrons. The van der Waals surface area contributed by atoms with Crippen LogP contribution in [0.2, 0.25) is 0 Å². The van der Waals surface area contributed by atoms with Crippen molar-refractivity contribution < 1.29 is 17.9 Å². The molecular formula is C14H21N3O4S. The van der Waals surface area contributed by atoms with Gasteiger partial charge >= 0.3 is 16.3 Å². The zero-order valence-corrected chi connectivity index (χ0v) is 13.3. The molecule has 1 saturated heterocycles. The van der Waals surface area contributed by atoms with Crippen LogP contribution in [-0.2, 0) is 21.6 Å². The molecule has 8 heteroatoms. The standard InChI is InChI=1S/C14H21N3O4S/c1-17(14(18)21-11-12-5-3-2-4-6-12)22(19,20)16-13-7-9-15-10-8-13/h2-6,13,15-16H,7-11H2,1H3. The molecule has 0 spiro atoms. The van der Waals surface area contributed by atoms with E-state index < -0.39 is 16.3 Å². The molecule has 1 fully saturated rings. The summed E-state index contributed by atoms with van der Waals surface area (Å²) in [6.07, 6.45) is 0.503. The summed E-state index contributed by atoms with van der Waals surface area (Å²) in [4.78, 5) is 11.9. The lowest BCUT2D eigenvalue weighted by molar-refractivity contribution is 0.123. The SMILES string of the molecule is CN(C(=O)OCc1ccccc1)S(=O)(=O)NC1CCNCC1. The average molecular weight is 327 g/mol. The quantitative estimate of drug-likeness (QED) is 0.837. The van der Waals surface area contributed by atoms with Crippen molar-refractivity contribution in [3.05, 3.63) is 35.9 Å². The minimum absolute atomic E-state index is 0.0346. The lowest BCUT2D eigenvalue weighted by Gasteiger charge is -2.26. The van der Waals surface area contributed by atoms with Gasteiger partial charge in [0.05, 0.1) is 0 Å². The van der Waals surface area contributed by atoms with Crippen LogP contribution < -0.4 is 10.0 Å². The molecule has 1 heterocycles. The molecule has 0 unspecified atom stereocenters. The summed E-state index contributed by atoms with van der Waals surface area (Å²) < 4.78 is 32.5. The molecule has 1 aromatic carbocycles. The number of ether oxygens (including phenoxy) is 1. The predicted octanol–water partition coefficient (Wildman–Crippen LogP) is 0.841. The van der Waals surface area contributed by atoms with Crippen LogP contribution in [0, 0.1) is 0 Å². The maximum Gasteiger partial charge on any atom is 0.424 e. The minimum Gasteiger partial charge on any atom is -0.444 e. The van der Waals surface area contributed by atoms with Crippen molar-refractivity contribution in [2.24, 2.45) is 0 Å². The van der Waals surface area contributed by atoms with Crippen LogP contribution in [0.1, 0.15) is 18.4 Å². The largest absolute Gasteiger partial charge is 0.444 e. The number of carbonyl (C=O) groups is 1. The normalized spacial score (nSPS) is 16.2. The van der Waals surface area contributed by atoms with E-state index in [1.165, 1.54) is 7.05 Å². The van der Waals surface area contributed by atoms with Crippen molar-refractivity contribution in [1.82, 2.24) is 14.3 Å². The van der Waals surface area contributed by atoms with E-state index in [1.807, 2.05) is 18.2 Å². The summed E-state index contributed by atoms with van der Waals surface area (Å²) in [6, 6.07) is 8.94. The summed E-state index contributed by atoms with van der Waals surface area (Å²) in [6.45, 7) is 1.55. The van der Waals surface area contributed by atoms with Gasteiger partial charge in [0, 0.05) is 13.1 Å². The highest BCUT2D eigenvalue weighted by Crippen LogP contribution is 2.08. The van der Waals surface area contributed by atoms with Gasteiger partial charge < -0.3 is 10.1 Å². The minimum atomic E-state index is -3.88. The highest BCUT2D eigenvalue weighted by molar-refractivity contribution is 7.87. The van der Waals surface area contributed by atoms with E-state index in [1.54, 1.807) is 12.1 Å². The summed E-state index contributed by atoms with van der Waals surface area (Å²) in [7, 11) is -2.69. The summed E-state index contributed by atoms with van der Waals surface area (Å²) >= 11 is 0. The van der Waals surface area contributed by atoms with Crippen molar-refractivity contribution in [2.45, 2.75) is 25.5 Å². The third-order valence-corrected chi connectivity index (χ3v) is 4.98. The van der Waals surface area contributed by atoms with Gasteiger partial charge in [0.2, 0.25) is 0 Å². The van der Waals surface area contributed by atoms with Gasteiger partial charge in [-0.15, -0.1) is 0 Å². The predicted molar refractivity (Wildman–Crippen MR) is 82.3 cm³/mol. The first-order valence-electron chi connectivity index (χ1n) is 7.16. The van der Waals surface area contributed by atoms with Crippen LogP contribution in [-0.4, -0.2) is 45.0 Å². The molecule has 1 aromatic rings. The fourth-order valence-electron chi connectivity index (χ4n) is 2.14. The number of rotatable bonds is 5. The average Bonchev–Trinajstić information content (AvgIpc) is 2.53. The highest BCUT2D eigenvalue weighted by atomic mass is 32.2. The van der Waals surface area contributed by atoms with Crippen LogP contribution in [0.15, 0.2) is 30.3 Å². The molecule has 1 aliphatic rings. The molecule has 22 heavy (non-hydrogen) atoms. The molecule has 0 radical (unpaired) electrons. The number of carbonyl (C=O) groups excluding carboxylic acids is 1. The maximum atomic E-state index is 12.1. The van der Waals surface area contributed by atoms with Crippen molar-refractivity contribution in [3.63, 3.8) is 0 Å². The molecule has 7 nitrogen and oxygen atoms in total. The first kappa shape index (κ1) is 16.7. The number of hydrogen-bond donors (Lipinski definition) is 2. The Hall–Kier alpha value is -1.64. The van der Waals surface area contributed by atoms with E-state index in [-0.39, 0.29) is 12.6 Å². The smallest absolute Gasteiger partial charge is 0.424 e. The van der Waals surface area contributed by atoms with Gasteiger partial charge in [-0.3, -0.25) is 0 Å². The molecule has 0 aromatic heterocycles. The maximum absolute atomic E-state index is 12.1. The molecule has 1 aliphatic heterocycles. The van der Waals surface area contributed by atoms with Gasteiger partial charge in [-0.25, -0.2) is 4.79 Å². The fraction of sp³-hybridized carbons (Fsp3) is 0.500. The van der Waals surface area contributed by atoms with Gasteiger partial charge in [0.1, 0.15) is 6.61 Å². The number of benzene rings is 1. The Morgan fingerprint density at radius 2 is 1.95 bits per heavy atom. The van der Waals surface area contributed by atoms with Crippen molar-refractivity contribution in [1.29, 1.82) is 0 Å². The fourth-order valence-corrected chi connectivity index (χ4v) is 3.20. The van der Waals surface area contributed by atoms with Crippen molar-refractivity contribution >= 4 is 16.3 Å². The number of hydrogen-bond acceptors (Lipinski definition) is 5. The molecular weight excluding hydrogens is 306 g/mol. The molecule has 2 N–H and O–H groups in total. The first-order chi connectivity index (χ1) is 10.5. The Morgan fingerprint density at radius 3 is 2.59 bits per heavy atom. The third-order valence-electron chi connectivity index (χ3n) is 3.48. The van der Waals surface area contributed by atoms with E-state index >= 15 is 0 Å². The Morgan fingerprint density at radius 1 is 1.32 bits per heavy atom. The van der Waals surface area contributed by atoms with E-state index in [2.05, 4.69) is 10.0 Å². The van der Waals surface area contributed by atoms with Crippen LogP contribution in [0.25, 0.3) is 0 Å². The first-order valence-corrected chi connectivity index (χ1v) is 8.60. The van der Waals surface area contributed by atoms with Gasteiger partial charge in [-0.1, -0.05) is 30.3 Å². The van der Waals surface area contributed by atoms with E-state index in [0.717, 1.165) is 18.7 Å². The second-order valence-corrected chi connectivity index (χ2v) is 6.89. The number of piperidine rings is 1. The van der Waals surface area contributed by atoms with Gasteiger partial charge in [-0.2, -0.15) is 17.4 Å². The van der Waals surface area contributed by atoms with Gasteiger partial charge in [0.15, 0.2) is 0 Å².